The molecule has 1 atom stereocenters. The predicted octanol–water partition coefficient (Wildman–Crippen LogP) is 3.27. The number of nitrogens with zero attached hydrogens (tertiary/aromatic N) is 3. The van der Waals surface area contributed by atoms with E-state index in [-0.39, 0.29) is 12.2 Å². The molecule has 0 fully saturated rings. The summed E-state index contributed by atoms with van der Waals surface area (Å²) in [6, 6.07) is 7.73. The van der Waals surface area contributed by atoms with Crippen molar-refractivity contribution in [1.29, 1.82) is 0 Å². The van der Waals surface area contributed by atoms with Crippen molar-refractivity contribution in [2.24, 2.45) is 0 Å². The molecule has 3 aromatic rings. The highest BCUT2D eigenvalue weighted by Crippen LogP contribution is 2.36. The fourth-order valence-corrected chi connectivity index (χ4v) is 2.71. The number of cyclic esters (lactones) is 1. The molecule has 3 heterocycles. The fourth-order valence-electron chi connectivity index (χ4n) is 2.71. The number of benzene rings is 1. The van der Waals surface area contributed by atoms with Crippen LogP contribution in [-0.2, 0) is 4.74 Å². The van der Waals surface area contributed by atoms with Gasteiger partial charge in [-0.15, -0.1) is 0 Å². The van der Waals surface area contributed by atoms with Gasteiger partial charge in [-0.25, -0.2) is 9.78 Å². The van der Waals surface area contributed by atoms with E-state index >= 15 is 0 Å². The summed E-state index contributed by atoms with van der Waals surface area (Å²) in [6.07, 6.45) is 2.87. The summed E-state index contributed by atoms with van der Waals surface area (Å²) in [6.45, 7) is 1.87. The van der Waals surface area contributed by atoms with Crippen molar-refractivity contribution < 1.29 is 9.53 Å². The van der Waals surface area contributed by atoms with Crippen molar-refractivity contribution in [3.8, 4) is 11.4 Å². The molecule has 0 aliphatic carbocycles. The normalized spacial score (nSPS) is 17.5. The summed E-state index contributed by atoms with van der Waals surface area (Å²) in [5, 5.41) is 0. The minimum Gasteiger partial charge on any atom is -0.441 e. The molecule has 0 radical (unpaired) electrons. The maximum atomic E-state index is 11.8. The van der Waals surface area contributed by atoms with Crippen molar-refractivity contribution in [2.75, 3.05) is 11.9 Å². The molecule has 22 heavy (non-hydrogen) atoms. The topological polar surface area (TPSA) is 71.1 Å². The van der Waals surface area contributed by atoms with Crippen LogP contribution in [0.1, 0.15) is 18.6 Å². The number of fused-ring (bicyclic) bond motifs is 2. The predicted molar refractivity (Wildman–Crippen MR) is 82.6 cm³/mol. The van der Waals surface area contributed by atoms with Crippen LogP contribution >= 0.6 is 0 Å². The van der Waals surface area contributed by atoms with Gasteiger partial charge in [-0.1, -0.05) is 0 Å². The van der Waals surface area contributed by atoms with Crippen molar-refractivity contribution in [1.82, 2.24) is 15.0 Å². The standard InChI is InChI=1S/C16H14N4O2/c1-9-11-6-12-13(7-14(11)20(2)16(21)22-9)19-15(18-12)10-4-3-5-17-8-10/h3-9H,1-2H3,(H,18,19). The first kappa shape index (κ1) is 12.8. The Bertz CT molecular complexity index is 872. The van der Waals surface area contributed by atoms with Gasteiger partial charge in [-0.2, -0.15) is 0 Å². The number of aromatic nitrogens is 3. The van der Waals surface area contributed by atoms with Crippen LogP contribution in [-0.4, -0.2) is 28.1 Å². The van der Waals surface area contributed by atoms with Gasteiger partial charge in [0.25, 0.3) is 0 Å². The first-order chi connectivity index (χ1) is 10.6. The van der Waals surface area contributed by atoms with Gasteiger partial charge in [0.1, 0.15) is 11.9 Å². The van der Waals surface area contributed by atoms with Gasteiger partial charge < -0.3 is 9.72 Å². The van der Waals surface area contributed by atoms with Crippen molar-refractivity contribution in [2.45, 2.75) is 13.0 Å². The molecule has 0 saturated carbocycles. The number of rotatable bonds is 1. The minimum atomic E-state index is -0.345. The Hall–Kier alpha value is -2.89. The van der Waals surface area contributed by atoms with Crippen molar-refractivity contribution in [3.63, 3.8) is 0 Å². The van der Waals surface area contributed by atoms with Gasteiger partial charge in [0, 0.05) is 30.6 Å². The lowest BCUT2D eigenvalue weighted by Crippen LogP contribution is -2.33. The van der Waals surface area contributed by atoms with Crippen LogP contribution in [0.15, 0.2) is 36.7 Å². The maximum absolute atomic E-state index is 11.8. The van der Waals surface area contributed by atoms with Crippen molar-refractivity contribution in [3.05, 3.63) is 42.2 Å². The average Bonchev–Trinajstić information content (AvgIpc) is 2.95. The van der Waals surface area contributed by atoms with Gasteiger partial charge in [0.2, 0.25) is 0 Å². The lowest BCUT2D eigenvalue weighted by atomic mass is 10.1. The third-order valence-electron chi connectivity index (χ3n) is 3.92. The zero-order valence-electron chi connectivity index (χ0n) is 12.2. The van der Waals surface area contributed by atoms with E-state index in [2.05, 4.69) is 15.0 Å². The number of carbonyl (C=O) groups is 1. The Morgan fingerprint density at radius 2 is 2.23 bits per heavy atom. The van der Waals surface area contributed by atoms with E-state index in [9.17, 15) is 4.79 Å². The lowest BCUT2D eigenvalue weighted by molar-refractivity contribution is 0.109. The molecule has 110 valence electrons. The number of hydrogen-bond acceptors (Lipinski definition) is 4. The van der Waals surface area contributed by atoms with E-state index in [1.807, 2.05) is 31.2 Å². The number of pyridine rings is 1. The highest BCUT2D eigenvalue weighted by molar-refractivity contribution is 5.94. The van der Waals surface area contributed by atoms with E-state index in [1.54, 1.807) is 19.4 Å². The second-order valence-electron chi connectivity index (χ2n) is 5.34. The molecular weight excluding hydrogens is 280 g/mol. The Labute approximate surface area is 126 Å². The highest BCUT2D eigenvalue weighted by atomic mass is 16.6. The van der Waals surface area contributed by atoms with E-state index in [0.717, 1.165) is 33.7 Å². The highest BCUT2D eigenvalue weighted by Gasteiger charge is 2.28. The number of ether oxygens (including phenoxy) is 1. The molecule has 1 aromatic carbocycles. The number of amides is 1. The molecule has 0 spiro atoms. The molecule has 1 aliphatic heterocycles. The van der Waals surface area contributed by atoms with Gasteiger partial charge >= 0.3 is 6.09 Å². The zero-order valence-corrected chi connectivity index (χ0v) is 12.2. The number of nitrogens with one attached hydrogen (secondary N) is 1. The van der Waals surface area contributed by atoms with E-state index in [1.165, 1.54) is 4.90 Å². The van der Waals surface area contributed by atoms with E-state index in [4.69, 9.17) is 4.74 Å². The molecular formula is C16H14N4O2. The van der Waals surface area contributed by atoms with Crippen LogP contribution in [0, 0.1) is 0 Å². The second-order valence-corrected chi connectivity index (χ2v) is 5.34. The van der Waals surface area contributed by atoms with Crippen molar-refractivity contribution >= 4 is 22.8 Å². The molecule has 6 nitrogen and oxygen atoms in total. The molecule has 1 amide bonds. The number of anilines is 1. The number of carbonyl (C=O) groups excluding carboxylic acids is 1. The summed E-state index contributed by atoms with van der Waals surface area (Å²) in [7, 11) is 1.70. The summed E-state index contributed by atoms with van der Waals surface area (Å²) >= 11 is 0. The molecule has 2 aromatic heterocycles. The molecule has 0 saturated heterocycles. The number of imidazole rings is 1. The van der Waals surface area contributed by atoms with Crippen LogP contribution in [0.2, 0.25) is 0 Å². The number of hydrogen-bond donors (Lipinski definition) is 1. The summed E-state index contributed by atoms with van der Waals surface area (Å²) in [4.78, 5) is 25.3. The van der Waals surface area contributed by atoms with Crippen LogP contribution in [0.5, 0.6) is 0 Å². The molecule has 4 rings (SSSR count). The molecule has 1 unspecified atom stereocenters. The lowest BCUT2D eigenvalue weighted by Gasteiger charge is -2.29. The first-order valence-corrected chi connectivity index (χ1v) is 7.02. The maximum Gasteiger partial charge on any atom is 0.414 e. The van der Waals surface area contributed by atoms with E-state index in [0.29, 0.717) is 0 Å². The van der Waals surface area contributed by atoms with Crippen LogP contribution in [0.3, 0.4) is 0 Å². The Kier molecular flexibility index (Phi) is 2.66. The SMILES string of the molecule is CC1OC(=O)N(C)c2cc3nc(-c4cccnc4)[nH]c3cc21. The largest absolute Gasteiger partial charge is 0.441 e. The Morgan fingerprint density at radius 1 is 1.36 bits per heavy atom. The van der Waals surface area contributed by atoms with Gasteiger partial charge in [0.15, 0.2) is 0 Å². The number of H-pyrrole nitrogens is 1. The second kappa shape index (κ2) is 4.56. The van der Waals surface area contributed by atoms with Gasteiger partial charge in [-0.05, 0) is 31.2 Å². The third-order valence-corrected chi connectivity index (χ3v) is 3.92. The summed E-state index contributed by atoms with van der Waals surface area (Å²) in [5.74, 6) is 0.757. The van der Waals surface area contributed by atoms with Crippen LogP contribution in [0.4, 0.5) is 10.5 Å². The Balaban J connectivity index is 1.90. The zero-order chi connectivity index (χ0) is 15.3. The fraction of sp³-hybridized carbons (Fsp3) is 0.188. The smallest absolute Gasteiger partial charge is 0.414 e. The van der Waals surface area contributed by atoms with E-state index < -0.39 is 0 Å². The molecule has 1 N–H and O–H groups in total. The Morgan fingerprint density at radius 3 is 3.00 bits per heavy atom. The quantitative estimate of drug-likeness (QED) is 0.747. The summed E-state index contributed by atoms with van der Waals surface area (Å²) in [5.41, 5.74) is 4.45. The third kappa shape index (κ3) is 1.84. The minimum absolute atomic E-state index is 0.270. The molecule has 1 aliphatic rings. The molecule has 0 bridgehead atoms. The van der Waals surface area contributed by atoms with Gasteiger partial charge in [-0.3, -0.25) is 9.88 Å². The van der Waals surface area contributed by atoms with Crippen LogP contribution in [0.25, 0.3) is 22.4 Å². The number of aromatic amines is 1. The van der Waals surface area contributed by atoms with Gasteiger partial charge in [0.05, 0.1) is 16.7 Å². The monoisotopic (exact) mass is 294 g/mol. The van der Waals surface area contributed by atoms with Crippen LogP contribution < -0.4 is 4.90 Å². The first-order valence-electron chi connectivity index (χ1n) is 7.02. The average molecular weight is 294 g/mol. The summed E-state index contributed by atoms with van der Waals surface area (Å²) < 4.78 is 5.31. The molecule has 6 heteroatoms.